The lowest BCUT2D eigenvalue weighted by Crippen LogP contribution is -2.38. The van der Waals surface area contributed by atoms with Gasteiger partial charge in [-0.05, 0) is 45.0 Å². The van der Waals surface area contributed by atoms with E-state index < -0.39 is 10.0 Å². The van der Waals surface area contributed by atoms with E-state index in [1.54, 1.807) is 30.5 Å². The summed E-state index contributed by atoms with van der Waals surface area (Å²) in [5.74, 6) is 0.148. The van der Waals surface area contributed by atoms with Crippen molar-refractivity contribution in [3.63, 3.8) is 0 Å². The van der Waals surface area contributed by atoms with E-state index in [0.717, 1.165) is 11.4 Å². The molecule has 0 saturated carbocycles. The van der Waals surface area contributed by atoms with E-state index in [4.69, 9.17) is 0 Å². The van der Waals surface area contributed by atoms with Gasteiger partial charge in [0.2, 0.25) is 15.9 Å². The van der Waals surface area contributed by atoms with Gasteiger partial charge in [-0.2, -0.15) is 4.31 Å². The summed E-state index contributed by atoms with van der Waals surface area (Å²) in [7, 11) is -3.65. The van der Waals surface area contributed by atoms with Crippen molar-refractivity contribution in [1.82, 2.24) is 18.8 Å². The Morgan fingerprint density at radius 3 is 2.38 bits per heavy atom. The summed E-state index contributed by atoms with van der Waals surface area (Å²) < 4.78 is 29.4. The van der Waals surface area contributed by atoms with Gasteiger partial charge in [0.25, 0.3) is 0 Å². The van der Waals surface area contributed by atoms with E-state index >= 15 is 0 Å². The summed E-state index contributed by atoms with van der Waals surface area (Å²) in [5.41, 5.74) is 3.54. The number of hydrogen-bond donors (Lipinski definition) is 1. The maximum absolute atomic E-state index is 13.1. The lowest BCUT2D eigenvalue weighted by atomic mass is 10.2. The van der Waals surface area contributed by atoms with Crippen molar-refractivity contribution in [2.45, 2.75) is 38.8 Å². The second kappa shape index (κ2) is 5.78. The van der Waals surface area contributed by atoms with E-state index in [9.17, 15) is 13.5 Å². The highest BCUT2D eigenvalue weighted by Crippen LogP contribution is 2.34. The van der Waals surface area contributed by atoms with Gasteiger partial charge in [0.1, 0.15) is 0 Å². The van der Waals surface area contributed by atoms with Crippen molar-refractivity contribution >= 4 is 20.9 Å². The molecule has 1 aliphatic rings. The fourth-order valence-electron chi connectivity index (χ4n) is 3.52. The fraction of sp³-hybridized carbons (Fsp3) is 0.333. The molecule has 0 aromatic carbocycles. The lowest BCUT2D eigenvalue weighted by molar-refractivity contribution is 0.318. The first kappa shape index (κ1) is 17.0. The number of aromatic nitrogens is 3. The van der Waals surface area contributed by atoms with Gasteiger partial charge in [-0.1, -0.05) is 0 Å². The Balaban J connectivity index is 1.80. The minimum Gasteiger partial charge on any atom is -0.494 e. The van der Waals surface area contributed by atoms with Crippen LogP contribution in [0.2, 0.25) is 0 Å². The minimum absolute atomic E-state index is 0.148. The summed E-state index contributed by atoms with van der Waals surface area (Å²) in [6.07, 6.45) is 0. The third-order valence-corrected chi connectivity index (χ3v) is 6.55. The molecular weight excluding hydrogens is 352 g/mol. The fourth-order valence-corrected chi connectivity index (χ4v) is 5.07. The molecule has 0 radical (unpaired) electrons. The van der Waals surface area contributed by atoms with Crippen LogP contribution >= 0.6 is 0 Å². The number of hydrogen-bond acceptors (Lipinski definition) is 5. The molecule has 3 aromatic heterocycles. The summed E-state index contributed by atoms with van der Waals surface area (Å²) in [5, 5.41) is 11.1. The molecule has 136 valence electrons. The van der Waals surface area contributed by atoms with Gasteiger partial charge < -0.3 is 9.67 Å². The zero-order valence-electron chi connectivity index (χ0n) is 14.9. The van der Waals surface area contributed by atoms with Gasteiger partial charge in [-0.15, -0.1) is 0 Å². The van der Waals surface area contributed by atoms with Crippen LogP contribution in [0.4, 0.5) is 0 Å². The van der Waals surface area contributed by atoms with Crippen molar-refractivity contribution in [2.75, 3.05) is 6.54 Å². The predicted octanol–water partition coefficient (Wildman–Crippen LogP) is 2.27. The van der Waals surface area contributed by atoms with E-state index in [1.807, 2.05) is 19.1 Å². The molecule has 4 rings (SSSR count). The number of aromatic hydroxyl groups is 1. The van der Waals surface area contributed by atoms with Crippen LogP contribution in [-0.2, 0) is 23.1 Å². The second-order valence-electron chi connectivity index (χ2n) is 6.69. The maximum atomic E-state index is 13.1. The Kier molecular flexibility index (Phi) is 3.78. The average molecular weight is 372 g/mol. The summed E-state index contributed by atoms with van der Waals surface area (Å²) in [4.78, 5) is 9.02. The molecule has 26 heavy (non-hydrogen) atoms. The van der Waals surface area contributed by atoms with Crippen LogP contribution in [0, 0.1) is 20.8 Å². The van der Waals surface area contributed by atoms with Crippen molar-refractivity contribution in [1.29, 1.82) is 0 Å². The van der Waals surface area contributed by atoms with E-state index in [1.165, 1.54) is 4.31 Å². The Morgan fingerprint density at radius 2 is 1.69 bits per heavy atom. The molecule has 8 heteroatoms. The SMILES string of the molecule is Cc1cc(S(=O)(=O)N2CCn3c(O)c4ccc(C)nc4c3C2)cc(C)n1. The average Bonchev–Trinajstić information content (AvgIpc) is 2.86. The van der Waals surface area contributed by atoms with Crippen LogP contribution < -0.4 is 0 Å². The molecule has 1 N–H and O–H groups in total. The van der Waals surface area contributed by atoms with Crippen molar-refractivity contribution in [3.8, 4) is 5.88 Å². The highest BCUT2D eigenvalue weighted by molar-refractivity contribution is 7.89. The molecule has 0 fully saturated rings. The molecule has 0 aliphatic carbocycles. The van der Waals surface area contributed by atoms with Crippen molar-refractivity contribution < 1.29 is 13.5 Å². The molecule has 0 saturated heterocycles. The highest BCUT2D eigenvalue weighted by atomic mass is 32.2. The number of rotatable bonds is 2. The van der Waals surface area contributed by atoms with Gasteiger partial charge in [0.05, 0.1) is 28.0 Å². The Hall–Kier alpha value is -2.45. The molecular formula is C18H20N4O3S. The smallest absolute Gasteiger partial charge is 0.243 e. The zero-order valence-corrected chi connectivity index (χ0v) is 15.7. The van der Waals surface area contributed by atoms with Crippen LogP contribution in [-0.4, -0.2) is 38.9 Å². The summed E-state index contributed by atoms with van der Waals surface area (Å²) >= 11 is 0. The first-order chi connectivity index (χ1) is 12.3. The Morgan fingerprint density at radius 1 is 1.00 bits per heavy atom. The van der Waals surface area contributed by atoms with Crippen molar-refractivity contribution in [3.05, 3.63) is 47.0 Å². The van der Waals surface area contributed by atoms with Gasteiger partial charge >= 0.3 is 0 Å². The van der Waals surface area contributed by atoms with E-state index in [0.29, 0.717) is 35.4 Å². The number of sulfonamides is 1. The Labute approximate surface area is 152 Å². The standard InChI is InChI=1S/C18H20N4O3S/c1-11-4-5-15-17(20-11)16-10-21(6-7-22(16)18(15)23)26(24,25)14-8-12(2)19-13(3)9-14/h4-5,8-9,23H,6-7,10H2,1-3H3. The van der Waals surface area contributed by atoms with Crippen molar-refractivity contribution in [2.24, 2.45) is 0 Å². The predicted molar refractivity (Wildman–Crippen MR) is 97.4 cm³/mol. The van der Waals surface area contributed by atoms with Crippen LogP contribution in [0.3, 0.4) is 0 Å². The Bertz CT molecular complexity index is 1110. The van der Waals surface area contributed by atoms with Gasteiger partial charge in [-0.25, -0.2) is 8.42 Å². The molecule has 0 spiro atoms. The van der Waals surface area contributed by atoms with E-state index in [-0.39, 0.29) is 17.3 Å². The first-order valence-corrected chi connectivity index (χ1v) is 9.84. The van der Waals surface area contributed by atoms with Crippen LogP contribution in [0.5, 0.6) is 5.88 Å². The highest BCUT2D eigenvalue weighted by Gasteiger charge is 2.32. The van der Waals surface area contributed by atoms with Crippen LogP contribution in [0.25, 0.3) is 10.9 Å². The molecule has 0 amide bonds. The summed E-state index contributed by atoms with van der Waals surface area (Å²) in [6.45, 7) is 6.30. The second-order valence-corrected chi connectivity index (χ2v) is 8.63. The van der Waals surface area contributed by atoms with Gasteiger partial charge in [-0.3, -0.25) is 9.97 Å². The van der Waals surface area contributed by atoms with Crippen LogP contribution in [0.15, 0.2) is 29.2 Å². The molecule has 4 heterocycles. The van der Waals surface area contributed by atoms with Gasteiger partial charge in [0.15, 0.2) is 0 Å². The maximum Gasteiger partial charge on any atom is 0.243 e. The van der Waals surface area contributed by atoms with Gasteiger partial charge in [0, 0.05) is 30.2 Å². The van der Waals surface area contributed by atoms with Crippen LogP contribution in [0.1, 0.15) is 22.8 Å². The topological polar surface area (TPSA) is 88.3 Å². The monoisotopic (exact) mass is 372 g/mol. The molecule has 0 unspecified atom stereocenters. The normalized spacial score (nSPS) is 15.3. The third kappa shape index (κ3) is 2.57. The number of nitrogens with zero attached hydrogens (tertiary/aromatic N) is 4. The molecule has 1 aliphatic heterocycles. The summed E-state index contributed by atoms with van der Waals surface area (Å²) in [6, 6.07) is 6.85. The largest absolute Gasteiger partial charge is 0.494 e. The number of aryl methyl sites for hydroxylation is 3. The quantitative estimate of drug-likeness (QED) is 0.745. The lowest BCUT2D eigenvalue weighted by Gasteiger charge is -2.28. The van der Waals surface area contributed by atoms with E-state index in [2.05, 4.69) is 9.97 Å². The molecule has 7 nitrogen and oxygen atoms in total. The molecule has 3 aromatic rings. The molecule has 0 atom stereocenters. The first-order valence-electron chi connectivity index (χ1n) is 8.40. The zero-order chi connectivity index (χ0) is 18.6. The number of pyridine rings is 2. The third-order valence-electron chi connectivity index (χ3n) is 4.72. The number of fused-ring (bicyclic) bond motifs is 3. The molecule has 0 bridgehead atoms. The minimum atomic E-state index is -3.65.